The Morgan fingerprint density at radius 2 is 1.02 bits per heavy atom. The zero-order valence-corrected chi connectivity index (χ0v) is 34.9. The highest BCUT2D eigenvalue weighted by Crippen LogP contribution is 2.16. The third kappa shape index (κ3) is 36.6. The number of rotatable bonds is 39. The minimum Gasteiger partial charge on any atom is -0.462 e. The summed E-state index contributed by atoms with van der Waals surface area (Å²) in [6.07, 6.45) is 47.4. The standard InChI is InChI=1S/C47H85NO5/c1-4-7-10-13-16-19-22-23-24-25-26-29-32-35-38-43(53-47(52)40-37-34-31-28-21-18-15-12-9-6-3)41-46(51)48-44(42-49)45(50)39-36-33-30-27-20-17-14-11-8-5-2/h7,10,16,19,23-24,26,29,43-45,49-50H,4-6,8-9,11-15,17-18,20-22,25,27-28,30-42H2,1-3H3,(H,48,51)/b10-7+,19-16+,24-23+,29-26+. The maximum Gasteiger partial charge on any atom is 0.306 e. The van der Waals surface area contributed by atoms with E-state index in [1.54, 1.807) is 0 Å². The predicted octanol–water partition coefficient (Wildman–Crippen LogP) is 12.7. The lowest BCUT2D eigenvalue weighted by Gasteiger charge is -2.24. The third-order valence-electron chi connectivity index (χ3n) is 9.92. The van der Waals surface area contributed by atoms with Crippen LogP contribution < -0.4 is 5.32 Å². The van der Waals surface area contributed by atoms with Crippen LogP contribution in [0.4, 0.5) is 0 Å². The summed E-state index contributed by atoms with van der Waals surface area (Å²) in [6, 6.07) is -0.714. The number of amides is 1. The molecule has 0 saturated carbocycles. The fourth-order valence-electron chi connectivity index (χ4n) is 6.54. The number of nitrogens with one attached hydrogen (secondary N) is 1. The maximum absolute atomic E-state index is 13.1. The normalized spacial score (nSPS) is 13.8. The Morgan fingerprint density at radius 3 is 1.51 bits per heavy atom. The van der Waals surface area contributed by atoms with Gasteiger partial charge in [0.15, 0.2) is 0 Å². The number of allylic oxidation sites excluding steroid dienone is 8. The van der Waals surface area contributed by atoms with Gasteiger partial charge in [-0.1, -0.05) is 191 Å². The minimum absolute atomic E-state index is 0.0411. The first-order valence-electron chi connectivity index (χ1n) is 22.4. The molecule has 0 spiro atoms. The summed E-state index contributed by atoms with van der Waals surface area (Å²) in [5.74, 6) is -0.530. The van der Waals surface area contributed by atoms with Crippen LogP contribution in [0.3, 0.4) is 0 Å². The van der Waals surface area contributed by atoms with Crippen LogP contribution in [0.1, 0.15) is 213 Å². The first kappa shape index (κ1) is 50.8. The largest absolute Gasteiger partial charge is 0.462 e. The van der Waals surface area contributed by atoms with Gasteiger partial charge in [-0.2, -0.15) is 0 Å². The van der Waals surface area contributed by atoms with E-state index in [4.69, 9.17) is 4.74 Å². The second-order valence-electron chi connectivity index (χ2n) is 15.1. The van der Waals surface area contributed by atoms with Crippen LogP contribution in [0.5, 0.6) is 0 Å². The molecule has 6 nitrogen and oxygen atoms in total. The van der Waals surface area contributed by atoms with Crippen LogP contribution in [0.2, 0.25) is 0 Å². The number of esters is 1. The van der Waals surface area contributed by atoms with Gasteiger partial charge in [0.05, 0.1) is 25.2 Å². The minimum atomic E-state index is -0.798. The van der Waals surface area contributed by atoms with Crippen molar-refractivity contribution in [2.45, 2.75) is 232 Å². The highest BCUT2D eigenvalue weighted by atomic mass is 16.5. The zero-order chi connectivity index (χ0) is 38.9. The summed E-state index contributed by atoms with van der Waals surface area (Å²) < 4.78 is 5.86. The van der Waals surface area contributed by atoms with Gasteiger partial charge in [-0.05, 0) is 57.8 Å². The molecule has 0 aliphatic rings. The molecule has 1 amide bonds. The molecule has 0 fully saturated rings. The van der Waals surface area contributed by atoms with Crippen molar-refractivity contribution in [1.82, 2.24) is 5.32 Å². The van der Waals surface area contributed by atoms with Gasteiger partial charge in [-0.3, -0.25) is 9.59 Å². The van der Waals surface area contributed by atoms with Gasteiger partial charge >= 0.3 is 5.97 Å². The lowest BCUT2D eigenvalue weighted by molar-refractivity contribution is -0.151. The quantitative estimate of drug-likeness (QED) is 0.0331. The second kappa shape index (κ2) is 41.0. The van der Waals surface area contributed by atoms with E-state index in [0.29, 0.717) is 19.3 Å². The third-order valence-corrected chi connectivity index (χ3v) is 9.92. The molecule has 308 valence electrons. The van der Waals surface area contributed by atoms with E-state index in [9.17, 15) is 19.8 Å². The summed E-state index contributed by atoms with van der Waals surface area (Å²) >= 11 is 0. The maximum atomic E-state index is 13.1. The van der Waals surface area contributed by atoms with Crippen LogP contribution in [0, 0.1) is 0 Å². The van der Waals surface area contributed by atoms with Crippen molar-refractivity contribution in [2.24, 2.45) is 0 Å². The fourth-order valence-corrected chi connectivity index (χ4v) is 6.54. The molecule has 53 heavy (non-hydrogen) atoms. The second-order valence-corrected chi connectivity index (χ2v) is 15.1. The summed E-state index contributed by atoms with van der Waals surface area (Å²) in [7, 11) is 0. The summed E-state index contributed by atoms with van der Waals surface area (Å²) in [4.78, 5) is 25.9. The van der Waals surface area contributed by atoms with Crippen molar-refractivity contribution in [2.75, 3.05) is 6.61 Å². The molecule has 0 rings (SSSR count). The van der Waals surface area contributed by atoms with Crippen LogP contribution in [0.15, 0.2) is 48.6 Å². The molecule has 0 aromatic carbocycles. The van der Waals surface area contributed by atoms with Crippen LogP contribution in [0.25, 0.3) is 0 Å². The average Bonchev–Trinajstić information content (AvgIpc) is 3.15. The first-order valence-corrected chi connectivity index (χ1v) is 22.4. The van der Waals surface area contributed by atoms with Crippen LogP contribution >= 0.6 is 0 Å². The Labute approximate surface area is 327 Å². The van der Waals surface area contributed by atoms with Crippen molar-refractivity contribution in [3.8, 4) is 0 Å². The number of ether oxygens (including phenoxy) is 1. The molecular weight excluding hydrogens is 659 g/mol. The number of hydrogen-bond donors (Lipinski definition) is 3. The molecule has 0 aliphatic heterocycles. The van der Waals surface area contributed by atoms with E-state index < -0.39 is 18.2 Å². The van der Waals surface area contributed by atoms with E-state index in [1.807, 2.05) is 0 Å². The Kier molecular flexibility index (Phi) is 39.3. The molecule has 0 heterocycles. The summed E-state index contributed by atoms with van der Waals surface area (Å²) in [6.45, 7) is 6.31. The van der Waals surface area contributed by atoms with E-state index in [-0.39, 0.29) is 24.9 Å². The number of unbranched alkanes of at least 4 members (excludes halogenated alkanes) is 19. The highest BCUT2D eigenvalue weighted by Gasteiger charge is 2.24. The molecule has 3 N–H and O–H groups in total. The van der Waals surface area contributed by atoms with Crippen molar-refractivity contribution >= 4 is 11.9 Å². The molecular formula is C47H85NO5. The SMILES string of the molecule is CC/C=C/C/C=C/C/C=C/C/C=C/CCCC(CC(=O)NC(CO)C(O)CCCCCCCCCCCC)OC(=O)CCCCCCCCCCCC. The molecule has 6 heteroatoms. The van der Waals surface area contributed by atoms with E-state index in [1.165, 1.54) is 89.9 Å². The Balaban J connectivity index is 4.71. The molecule has 0 aliphatic carbocycles. The van der Waals surface area contributed by atoms with Gasteiger partial charge in [0.25, 0.3) is 0 Å². The van der Waals surface area contributed by atoms with E-state index in [0.717, 1.165) is 77.0 Å². The van der Waals surface area contributed by atoms with Gasteiger partial charge < -0.3 is 20.3 Å². The van der Waals surface area contributed by atoms with Crippen molar-refractivity contribution in [1.29, 1.82) is 0 Å². The number of aliphatic hydroxyl groups is 2. The predicted molar refractivity (Wildman–Crippen MR) is 227 cm³/mol. The zero-order valence-electron chi connectivity index (χ0n) is 34.9. The Morgan fingerprint density at radius 1 is 0.566 bits per heavy atom. The lowest BCUT2D eigenvalue weighted by Crippen LogP contribution is -2.46. The van der Waals surface area contributed by atoms with Crippen LogP contribution in [-0.2, 0) is 14.3 Å². The number of carbonyl (C=O) groups is 2. The molecule has 3 unspecified atom stereocenters. The molecule has 0 aromatic heterocycles. The topological polar surface area (TPSA) is 95.9 Å². The first-order chi connectivity index (χ1) is 26.0. The fraction of sp³-hybridized carbons (Fsp3) is 0.787. The van der Waals surface area contributed by atoms with Gasteiger partial charge in [0, 0.05) is 6.42 Å². The van der Waals surface area contributed by atoms with E-state index in [2.05, 4.69) is 74.7 Å². The molecule has 0 radical (unpaired) electrons. The smallest absolute Gasteiger partial charge is 0.306 e. The molecule has 0 aromatic rings. The number of carbonyl (C=O) groups excluding carboxylic acids is 2. The number of hydrogen-bond acceptors (Lipinski definition) is 5. The van der Waals surface area contributed by atoms with Crippen molar-refractivity contribution in [3.05, 3.63) is 48.6 Å². The monoisotopic (exact) mass is 744 g/mol. The summed E-state index contributed by atoms with van der Waals surface area (Å²) in [5, 5.41) is 23.6. The number of aliphatic hydroxyl groups excluding tert-OH is 2. The van der Waals surface area contributed by atoms with Gasteiger partial charge in [-0.25, -0.2) is 0 Å². The molecule has 0 bridgehead atoms. The average molecular weight is 744 g/mol. The lowest BCUT2D eigenvalue weighted by atomic mass is 10.0. The molecule has 0 saturated heterocycles. The van der Waals surface area contributed by atoms with Crippen LogP contribution in [-0.4, -0.2) is 46.9 Å². The van der Waals surface area contributed by atoms with Crippen molar-refractivity contribution in [3.63, 3.8) is 0 Å². The summed E-state index contributed by atoms with van der Waals surface area (Å²) in [5.41, 5.74) is 0. The van der Waals surface area contributed by atoms with Gasteiger partial charge in [0.1, 0.15) is 6.10 Å². The molecule has 3 atom stereocenters. The van der Waals surface area contributed by atoms with Gasteiger partial charge in [-0.15, -0.1) is 0 Å². The Bertz CT molecular complexity index is 926. The highest BCUT2D eigenvalue weighted by molar-refractivity contribution is 5.77. The Hall–Kier alpha value is -2.18. The van der Waals surface area contributed by atoms with Crippen molar-refractivity contribution < 1.29 is 24.5 Å². The van der Waals surface area contributed by atoms with Gasteiger partial charge in [0.2, 0.25) is 5.91 Å². The van der Waals surface area contributed by atoms with E-state index >= 15 is 0 Å².